The van der Waals surface area contributed by atoms with Crippen molar-refractivity contribution in [1.82, 2.24) is 9.13 Å². The van der Waals surface area contributed by atoms with Gasteiger partial charge < -0.3 is 9.13 Å². The van der Waals surface area contributed by atoms with Gasteiger partial charge in [-0.15, -0.1) is 0 Å². The molecule has 8 rings (SSSR count). The highest BCUT2D eigenvalue weighted by Gasteiger charge is 2.36. The summed E-state index contributed by atoms with van der Waals surface area (Å²) in [6.45, 7) is 14.5. The van der Waals surface area contributed by atoms with Crippen LogP contribution in [0.2, 0.25) is 0 Å². The Labute approximate surface area is 269 Å². The molecule has 0 atom stereocenters. The van der Waals surface area contributed by atoms with Crippen LogP contribution in [-0.4, -0.2) is 9.13 Å². The van der Waals surface area contributed by atoms with Crippen LogP contribution in [-0.2, 0) is 6.18 Å². The molecular formula is C41H28F3N3. The molecule has 6 aromatic carbocycles. The molecule has 0 bridgehead atoms. The number of aromatic nitrogens is 2. The minimum Gasteiger partial charge on any atom is -0.319 e. The molecule has 2 aromatic heterocycles. The molecule has 0 N–H and O–H groups in total. The Hall–Kier alpha value is -5.80. The molecule has 0 saturated heterocycles. The van der Waals surface area contributed by atoms with E-state index in [1.807, 2.05) is 85.1 Å². The van der Waals surface area contributed by atoms with Crippen molar-refractivity contribution in [3.05, 3.63) is 149 Å². The van der Waals surface area contributed by atoms with E-state index in [2.05, 4.69) is 33.7 Å². The van der Waals surface area contributed by atoms with Gasteiger partial charge in [-0.25, -0.2) is 4.85 Å². The molecule has 0 saturated carbocycles. The predicted molar refractivity (Wildman–Crippen MR) is 186 cm³/mol. The first-order valence-electron chi connectivity index (χ1n) is 15.4. The Balaban J connectivity index is 1.60. The lowest BCUT2D eigenvalue weighted by Gasteiger charge is -2.23. The molecule has 0 radical (unpaired) electrons. The molecule has 0 aliphatic rings. The summed E-state index contributed by atoms with van der Waals surface area (Å²) in [5.74, 6) is 0. The molecule has 0 unspecified atom stereocenters. The van der Waals surface area contributed by atoms with E-state index in [0.717, 1.165) is 60.8 Å². The number of fused-ring (bicyclic) bond motifs is 6. The van der Waals surface area contributed by atoms with Gasteiger partial charge in [-0.2, -0.15) is 13.2 Å². The number of hydrogen-bond donors (Lipinski definition) is 0. The zero-order chi connectivity index (χ0) is 32.6. The monoisotopic (exact) mass is 619 g/mol. The number of aryl methyl sites for hydroxylation is 3. The van der Waals surface area contributed by atoms with Crippen molar-refractivity contribution in [2.45, 2.75) is 26.9 Å². The number of nitrogens with zero attached hydrogens (tertiary/aromatic N) is 3. The standard InChI is InChI=1S/C41H28F3N3/c1-24-16-19-35-30(22-24)27-11-5-7-14-33(27)46(35)37-21-18-29(38-26(3)10-9-13-32(38)41(42,43)44)40(39(37)45-4)47-34-15-8-6-12-28(34)31-23-25(2)17-20-36(31)47/h5-23H,1-3H3. The SMILES string of the molecule is [C-]#[N+]c1c(-n2c3ccccc3c3cc(C)ccc32)ccc(-c2c(C)cccc2C(F)(F)F)c1-n1c2ccccc2c2cc(C)ccc21. The van der Waals surface area contributed by atoms with Gasteiger partial charge in [-0.1, -0.05) is 77.9 Å². The Morgan fingerprint density at radius 2 is 1.13 bits per heavy atom. The van der Waals surface area contributed by atoms with Gasteiger partial charge in [-0.3, -0.25) is 0 Å². The number of hydrogen-bond acceptors (Lipinski definition) is 0. The lowest BCUT2D eigenvalue weighted by Crippen LogP contribution is -2.10. The van der Waals surface area contributed by atoms with Gasteiger partial charge in [0.05, 0.1) is 45.6 Å². The van der Waals surface area contributed by atoms with Crippen molar-refractivity contribution in [2.24, 2.45) is 0 Å². The second-order valence-corrected chi connectivity index (χ2v) is 12.2. The van der Waals surface area contributed by atoms with Crippen LogP contribution in [0.5, 0.6) is 0 Å². The van der Waals surface area contributed by atoms with Crippen molar-refractivity contribution in [1.29, 1.82) is 0 Å². The zero-order valence-corrected chi connectivity index (χ0v) is 25.9. The van der Waals surface area contributed by atoms with Crippen molar-refractivity contribution in [2.75, 3.05) is 0 Å². The highest BCUT2D eigenvalue weighted by molar-refractivity contribution is 6.13. The lowest BCUT2D eigenvalue weighted by atomic mass is 9.92. The van der Waals surface area contributed by atoms with Crippen molar-refractivity contribution in [3.63, 3.8) is 0 Å². The molecule has 2 heterocycles. The molecule has 6 heteroatoms. The summed E-state index contributed by atoms with van der Waals surface area (Å²) in [5, 5.41) is 4.03. The smallest absolute Gasteiger partial charge is 0.319 e. The number of alkyl halides is 3. The van der Waals surface area contributed by atoms with Gasteiger partial charge in [-0.05, 0) is 86.0 Å². The van der Waals surface area contributed by atoms with Crippen LogP contribution in [0.15, 0.2) is 115 Å². The first kappa shape index (κ1) is 28.7. The summed E-state index contributed by atoms with van der Waals surface area (Å²) in [6, 6.07) is 36.1. The average molecular weight is 620 g/mol. The van der Waals surface area contributed by atoms with Crippen molar-refractivity contribution < 1.29 is 13.2 Å². The molecule has 47 heavy (non-hydrogen) atoms. The minimum absolute atomic E-state index is 0.0716. The summed E-state index contributed by atoms with van der Waals surface area (Å²) < 4.78 is 48.3. The lowest BCUT2D eigenvalue weighted by molar-refractivity contribution is -0.137. The Morgan fingerprint density at radius 1 is 0.574 bits per heavy atom. The first-order chi connectivity index (χ1) is 22.7. The van der Waals surface area contributed by atoms with Crippen LogP contribution in [0.1, 0.15) is 22.3 Å². The third-order valence-corrected chi connectivity index (χ3v) is 9.21. The van der Waals surface area contributed by atoms with Gasteiger partial charge in [0.1, 0.15) is 0 Å². The number of para-hydroxylation sites is 2. The van der Waals surface area contributed by atoms with Crippen LogP contribution in [0, 0.1) is 27.3 Å². The molecule has 228 valence electrons. The van der Waals surface area contributed by atoms with Crippen LogP contribution in [0.4, 0.5) is 18.9 Å². The molecule has 8 aromatic rings. The van der Waals surface area contributed by atoms with E-state index < -0.39 is 11.7 Å². The van der Waals surface area contributed by atoms with E-state index in [4.69, 9.17) is 6.57 Å². The number of halogens is 3. The van der Waals surface area contributed by atoms with E-state index in [1.54, 1.807) is 19.1 Å². The topological polar surface area (TPSA) is 14.2 Å². The molecule has 0 aliphatic carbocycles. The Kier molecular flexibility index (Phi) is 6.32. The van der Waals surface area contributed by atoms with Crippen LogP contribution >= 0.6 is 0 Å². The fourth-order valence-electron chi connectivity index (χ4n) is 7.22. The normalized spacial score (nSPS) is 12.0. The maximum atomic E-state index is 14.7. The Bertz CT molecular complexity index is 2610. The molecular weight excluding hydrogens is 591 g/mol. The van der Waals surface area contributed by atoms with Crippen LogP contribution in [0.3, 0.4) is 0 Å². The van der Waals surface area contributed by atoms with Crippen LogP contribution < -0.4 is 0 Å². The van der Waals surface area contributed by atoms with E-state index in [1.165, 1.54) is 6.07 Å². The summed E-state index contributed by atoms with van der Waals surface area (Å²) in [5.41, 5.74) is 7.13. The summed E-state index contributed by atoms with van der Waals surface area (Å²) >= 11 is 0. The molecule has 3 nitrogen and oxygen atoms in total. The second-order valence-electron chi connectivity index (χ2n) is 12.2. The molecule has 0 aliphatic heterocycles. The summed E-state index contributed by atoms with van der Waals surface area (Å²) in [6.07, 6.45) is -4.60. The van der Waals surface area contributed by atoms with Gasteiger partial charge in [0, 0.05) is 21.5 Å². The molecule has 0 amide bonds. The minimum atomic E-state index is -4.60. The predicted octanol–water partition coefficient (Wildman–Crippen LogP) is 12.0. The maximum Gasteiger partial charge on any atom is 0.417 e. The Morgan fingerprint density at radius 3 is 1.72 bits per heavy atom. The van der Waals surface area contributed by atoms with Gasteiger partial charge in [0.2, 0.25) is 5.69 Å². The third kappa shape index (κ3) is 4.27. The average Bonchev–Trinajstić information content (AvgIpc) is 3.55. The van der Waals surface area contributed by atoms with Crippen LogP contribution in [0.25, 0.3) is 71.0 Å². The van der Waals surface area contributed by atoms with E-state index >= 15 is 0 Å². The second kappa shape index (κ2) is 10.4. The van der Waals surface area contributed by atoms with Crippen molar-refractivity contribution in [3.8, 4) is 22.5 Å². The largest absolute Gasteiger partial charge is 0.417 e. The number of benzene rings is 6. The summed E-state index contributed by atoms with van der Waals surface area (Å²) in [4.78, 5) is 4.18. The first-order valence-corrected chi connectivity index (χ1v) is 15.4. The van der Waals surface area contributed by atoms with E-state index in [9.17, 15) is 13.2 Å². The third-order valence-electron chi connectivity index (χ3n) is 9.21. The quantitative estimate of drug-likeness (QED) is 0.175. The van der Waals surface area contributed by atoms with E-state index in [0.29, 0.717) is 22.5 Å². The van der Waals surface area contributed by atoms with Crippen molar-refractivity contribution >= 4 is 49.3 Å². The van der Waals surface area contributed by atoms with Gasteiger partial charge in [0.15, 0.2) is 0 Å². The van der Waals surface area contributed by atoms with Gasteiger partial charge >= 0.3 is 6.18 Å². The fourth-order valence-corrected chi connectivity index (χ4v) is 7.22. The summed E-state index contributed by atoms with van der Waals surface area (Å²) in [7, 11) is 0. The zero-order valence-electron chi connectivity index (χ0n) is 25.9. The number of rotatable bonds is 3. The highest BCUT2D eigenvalue weighted by Crippen LogP contribution is 2.48. The maximum absolute atomic E-state index is 14.7. The molecule has 0 spiro atoms. The van der Waals surface area contributed by atoms with Gasteiger partial charge in [0.25, 0.3) is 0 Å². The molecule has 0 fully saturated rings. The van der Waals surface area contributed by atoms with E-state index in [-0.39, 0.29) is 11.3 Å². The fraction of sp³-hybridized carbons (Fsp3) is 0.0976. The highest BCUT2D eigenvalue weighted by atomic mass is 19.4.